The van der Waals surface area contributed by atoms with Gasteiger partial charge in [-0.3, -0.25) is 9.59 Å². The number of unbranched alkanes of at least 4 members (excludes halogenated alkanes) is 2. The van der Waals surface area contributed by atoms with E-state index in [0.717, 1.165) is 51.4 Å². The third-order valence-corrected chi connectivity index (χ3v) is 6.76. The molecule has 1 aliphatic carbocycles. The second kappa shape index (κ2) is 11.2. The maximum atomic E-state index is 11.2. The maximum absolute atomic E-state index is 11.2. The molecule has 0 bridgehead atoms. The minimum Gasteiger partial charge on any atom is -0.481 e. The first-order valence-corrected chi connectivity index (χ1v) is 11.0. The molecule has 0 aliphatic heterocycles. The van der Waals surface area contributed by atoms with Gasteiger partial charge >= 0.3 is 11.9 Å². The van der Waals surface area contributed by atoms with Crippen molar-refractivity contribution in [2.75, 3.05) is 7.11 Å². The van der Waals surface area contributed by atoms with Crippen LogP contribution in [0.4, 0.5) is 0 Å². The fraction of sp³-hybridized carbons (Fsp3) is 0.913. The zero-order chi connectivity index (χ0) is 21.4. The van der Waals surface area contributed by atoms with Crippen LogP contribution in [0.5, 0.6) is 0 Å². The topological polar surface area (TPSA) is 83.8 Å². The van der Waals surface area contributed by atoms with E-state index in [0.29, 0.717) is 11.8 Å². The van der Waals surface area contributed by atoms with Gasteiger partial charge < -0.3 is 14.9 Å². The van der Waals surface area contributed by atoms with Crippen molar-refractivity contribution in [2.24, 2.45) is 22.7 Å². The Morgan fingerprint density at radius 2 is 1.21 bits per heavy atom. The number of carboxylic acid groups (broad SMARTS) is 2. The van der Waals surface area contributed by atoms with Crippen LogP contribution < -0.4 is 0 Å². The van der Waals surface area contributed by atoms with Crippen LogP contribution in [0, 0.1) is 22.7 Å². The molecule has 164 valence electrons. The molecule has 0 aromatic rings. The van der Waals surface area contributed by atoms with E-state index in [1.54, 1.807) is 27.7 Å². The van der Waals surface area contributed by atoms with Gasteiger partial charge in [-0.1, -0.05) is 32.1 Å². The van der Waals surface area contributed by atoms with Crippen LogP contribution in [-0.4, -0.2) is 35.4 Å². The van der Waals surface area contributed by atoms with Crippen LogP contribution in [0.15, 0.2) is 0 Å². The summed E-state index contributed by atoms with van der Waals surface area (Å²) >= 11 is 0. The van der Waals surface area contributed by atoms with Crippen molar-refractivity contribution in [3.63, 3.8) is 0 Å². The highest BCUT2D eigenvalue weighted by Gasteiger charge is 2.33. The Kier molecular flexibility index (Phi) is 9.96. The lowest BCUT2D eigenvalue weighted by atomic mass is 9.74. The molecule has 1 aliphatic rings. The average molecular weight is 399 g/mol. The summed E-state index contributed by atoms with van der Waals surface area (Å²) in [7, 11) is 1.82. The maximum Gasteiger partial charge on any atom is 0.309 e. The molecule has 28 heavy (non-hydrogen) atoms. The SMILES string of the molecule is COC1C(CCCCC(C)(C)C(=O)O)CCCC1CCCCC(C)(C)C(=O)O. The fourth-order valence-electron chi connectivity index (χ4n) is 4.52. The minimum atomic E-state index is -0.717. The first-order chi connectivity index (χ1) is 13.0. The van der Waals surface area contributed by atoms with Crippen LogP contribution >= 0.6 is 0 Å². The van der Waals surface area contributed by atoms with Crippen molar-refractivity contribution in [1.82, 2.24) is 0 Å². The fourth-order valence-corrected chi connectivity index (χ4v) is 4.52. The standard InChI is InChI=1S/C23H42O5/c1-22(2,20(24)25)15-8-6-11-17-13-10-14-18(19(17)28-5)12-7-9-16-23(3,4)21(26)27/h17-19H,6-16H2,1-5H3,(H,24,25)(H,26,27). The summed E-state index contributed by atoms with van der Waals surface area (Å²) in [6.45, 7) is 7.20. The van der Waals surface area contributed by atoms with Gasteiger partial charge in [0.1, 0.15) is 0 Å². The predicted molar refractivity (Wildman–Crippen MR) is 111 cm³/mol. The third-order valence-electron chi connectivity index (χ3n) is 6.76. The monoisotopic (exact) mass is 398 g/mol. The summed E-state index contributed by atoms with van der Waals surface area (Å²) in [6.07, 6.45) is 11.6. The minimum absolute atomic E-state index is 0.286. The zero-order valence-corrected chi connectivity index (χ0v) is 18.6. The Balaban J connectivity index is 2.41. The molecule has 0 heterocycles. The number of hydrogen-bond donors (Lipinski definition) is 2. The zero-order valence-electron chi connectivity index (χ0n) is 18.6. The lowest BCUT2D eigenvalue weighted by Crippen LogP contribution is -2.35. The summed E-state index contributed by atoms with van der Waals surface area (Å²) in [5.41, 5.74) is -1.28. The van der Waals surface area contributed by atoms with E-state index in [1.165, 1.54) is 19.3 Å². The quantitative estimate of drug-likeness (QED) is 0.385. The van der Waals surface area contributed by atoms with Crippen molar-refractivity contribution in [3.05, 3.63) is 0 Å². The summed E-state index contributed by atoms with van der Waals surface area (Å²) in [5, 5.41) is 18.5. The molecule has 0 radical (unpaired) electrons. The molecular formula is C23H42O5. The lowest BCUT2D eigenvalue weighted by molar-refractivity contribution is -0.148. The first kappa shape index (κ1) is 24.9. The molecule has 1 rings (SSSR count). The van der Waals surface area contributed by atoms with E-state index in [-0.39, 0.29) is 6.10 Å². The Hall–Kier alpha value is -1.10. The highest BCUT2D eigenvalue weighted by atomic mass is 16.5. The van der Waals surface area contributed by atoms with Gasteiger partial charge in [0.2, 0.25) is 0 Å². The molecule has 0 amide bonds. The number of rotatable bonds is 13. The van der Waals surface area contributed by atoms with Crippen molar-refractivity contribution in [2.45, 2.75) is 104 Å². The summed E-state index contributed by atoms with van der Waals surface area (Å²) < 4.78 is 5.90. The van der Waals surface area contributed by atoms with Crippen molar-refractivity contribution >= 4 is 11.9 Å². The molecule has 1 saturated carbocycles. The van der Waals surface area contributed by atoms with E-state index in [1.807, 2.05) is 7.11 Å². The van der Waals surface area contributed by atoms with Gasteiger partial charge in [0.05, 0.1) is 16.9 Å². The smallest absolute Gasteiger partial charge is 0.309 e. The Morgan fingerprint density at radius 3 is 1.54 bits per heavy atom. The van der Waals surface area contributed by atoms with E-state index in [2.05, 4.69) is 0 Å². The van der Waals surface area contributed by atoms with Gasteiger partial charge in [0.25, 0.3) is 0 Å². The Morgan fingerprint density at radius 1 is 0.821 bits per heavy atom. The number of aliphatic carboxylic acids is 2. The second-order valence-corrected chi connectivity index (χ2v) is 10.0. The highest BCUT2D eigenvalue weighted by Crippen LogP contribution is 2.38. The first-order valence-electron chi connectivity index (χ1n) is 11.0. The molecule has 5 nitrogen and oxygen atoms in total. The summed E-state index contributed by atoms with van der Waals surface area (Å²) in [6, 6.07) is 0. The van der Waals surface area contributed by atoms with Gasteiger partial charge in [0, 0.05) is 7.11 Å². The van der Waals surface area contributed by atoms with Gasteiger partial charge in [-0.25, -0.2) is 0 Å². The highest BCUT2D eigenvalue weighted by molar-refractivity contribution is 5.73. The largest absolute Gasteiger partial charge is 0.481 e. The Bertz CT molecular complexity index is 455. The summed E-state index contributed by atoms with van der Waals surface area (Å²) in [4.78, 5) is 22.5. The predicted octanol–water partition coefficient (Wildman–Crippen LogP) is 5.76. The Labute approximate surface area is 171 Å². The van der Waals surface area contributed by atoms with Crippen LogP contribution in [-0.2, 0) is 14.3 Å². The third kappa shape index (κ3) is 7.73. The van der Waals surface area contributed by atoms with Crippen LogP contribution in [0.2, 0.25) is 0 Å². The normalized spacial score (nSPS) is 23.5. The summed E-state index contributed by atoms with van der Waals surface area (Å²) in [5.74, 6) is -0.309. The molecular weight excluding hydrogens is 356 g/mol. The van der Waals surface area contributed by atoms with Gasteiger partial charge in [-0.05, 0) is 78.1 Å². The number of ether oxygens (including phenoxy) is 1. The molecule has 2 unspecified atom stereocenters. The van der Waals surface area contributed by atoms with Gasteiger partial charge in [0.15, 0.2) is 0 Å². The molecule has 0 aromatic heterocycles. The van der Waals surface area contributed by atoms with E-state index < -0.39 is 22.8 Å². The molecule has 2 N–H and O–H groups in total. The molecule has 1 fully saturated rings. The molecule has 5 heteroatoms. The van der Waals surface area contributed by atoms with Gasteiger partial charge in [-0.15, -0.1) is 0 Å². The second-order valence-electron chi connectivity index (χ2n) is 10.0. The number of carboxylic acids is 2. The van der Waals surface area contributed by atoms with Crippen molar-refractivity contribution in [3.8, 4) is 0 Å². The van der Waals surface area contributed by atoms with Crippen LogP contribution in [0.1, 0.15) is 98.3 Å². The van der Waals surface area contributed by atoms with Crippen molar-refractivity contribution < 1.29 is 24.5 Å². The molecule has 2 atom stereocenters. The van der Waals surface area contributed by atoms with Gasteiger partial charge in [-0.2, -0.15) is 0 Å². The van der Waals surface area contributed by atoms with E-state index >= 15 is 0 Å². The number of methoxy groups -OCH3 is 1. The number of carbonyl (C=O) groups is 2. The molecule has 0 aromatic carbocycles. The average Bonchev–Trinajstić information content (AvgIpc) is 2.62. The van der Waals surface area contributed by atoms with Crippen LogP contribution in [0.3, 0.4) is 0 Å². The molecule has 0 saturated heterocycles. The molecule has 0 spiro atoms. The lowest BCUT2D eigenvalue weighted by Gasteiger charge is -2.38. The van der Waals surface area contributed by atoms with E-state index in [9.17, 15) is 19.8 Å². The van der Waals surface area contributed by atoms with Crippen LogP contribution in [0.25, 0.3) is 0 Å². The number of hydrogen-bond acceptors (Lipinski definition) is 3. The van der Waals surface area contributed by atoms with E-state index in [4.69, 9.17) is 4.74 Å². The van der Waals surface area contributed by atoms with Crippen molar-refractivity contribution in [1.29, 1.82) is 0 Å².